The predicted octanol–water partition coefficient (Wildman–Crippen LogP) is 1.98. The van der Waals surface area contributed by atoms with Crippen LogP contribution < -0.4 is 10.1 Å². The van der Waals surface area contributed by atoms with E-state index >= 15 is 0 Å². The van der Waals surface area contributed by atoms with Crippen LogP contribution in [-0.2, 0) is 6.54 Å². The van der Waals surface area contributed by atoms with E-state index in [4.69, 9.17) is 11.2 Å². The second-order valence-electron chi connectivity index (χ2n) is 3.56. The fourth-order valence-electron chi connectivity index (χ4n) is 1.51. The van der Waals surface area contributed by atoms with Gasteiger partial charge < -0.3 is 4.74 Å². The Hall–Kier alpha value is -1.53. The molecular formula is C13H18N2O. The maximum atomic E-state index is 5.43. The zero-order valence-electron chi connectivity index (χ0n) is 9.86. The summed E-state index contributed by atoms with van der Waals surface area (Å²) in [6.07, 6.45) is 9.21. The van der Waals surface area contributed by atoms with E-state index in [9.17, 15) is 0 Å². The van der Waals surface area contributed by atoms with Crippen LogP contribution in [0.3, 0.4) is 0 Å². The quantitative estimate of drug-likeness (QED) is 0.741. The number of aromatic nitrogens is 1. The standard InChI is InChI=1S/C13H18N2O/c1-4-7-12(5-2)15-10-11-8-6-9-14-13(11)16-3/h2,6,8-9,12,15H,4,7,10H2,1,3H3. The van der Waals surface area contributed by atoms with Crippen molar-refractivity contribution in [3.05, 3.63) is 23.9 Å². The molecule has 1 unspecified atom stereocenters. The fraction of sp³-hybridized carbons (Fsp3) is 0.462. The number of hydrogen-bond donors (Lipinski definition) is 1. The number of nitrogens with zero attached hydrogens (tertiary/aromatic N) is 1. The minimum Gasteiger partial charge on any atom is -0.481 e. The molecule has 0 fully saturated rings. The summed E-state index contributed by atoms with van der Waals surface area (Å²) in [7, 11) is 1.62. The Balaban J connectivity index is 2.56. The second-order valence-corrected chi connectivity index (χ2v) is 3.56. The number of rotatable bonds is 6. The smallest absolute Gasteiger partial charge is 0.217 e. The number of ether oxygens (including phenoxy) is 1. The molecule has 1 aromatic rings. The van der Waals surface area contributed by atoms with Gasteiger partial charge in [0, 0.05) is 18.3 Å². The molecule has 1 aromatic heterocycles. The monoisotopic (exact) mass is 218 g/mol. The van der Waals surface area contributed by atoms with E-state index in [1.807, 2.05) is 12.1 Å². The van der Waals surface area contributed by atoms with E-state index in [-0.39, 0.29) is 6.04 Å². The third-order valence-electron chi connectivity index (χ3n) is 2.36. The van der Waals surface area contributed by atoms with Gasteiger partial charge in [0.15, 0.2) is 0 Å². The Labute approximate surface area is 97.2 Å². The van der Waals surface area contributed by atoms with Crippen LogP contribution in [0.5, 0.6) is 5.88 Å². The van der Waals surface area contributed by atoms with E-state index in [1.165, 1.54) is 0 Å². The predicted molar refractivity (Wildman–Crippen MR) is 65.2 cm³/mol. The van der Waals surface area contributed by atoms with Crippen LogP contribution in [-0.4, -0.2) is 18.1 Å². The Bertz CT molecular complexity index is 357. The Kier molecular flexibility index (Phi) is 5.38. The molecule has 0 spiro atoms. The molecule has 1 heterocycles. The van der Waals surface area contributed by atoms with Crippen molar-refractivity contribution in [2.75, 3.05) is 7.11 Å². The van der Waals surface area contributed by atoms with Crippen molar-refractivity contribution in [2.45, 2.75) is 32.4 Å². The number of pyridine rings is 1. The molecule has 0 saturated carbocycles. The van der Waals surface area contributed by atoms with Crippen LogP contribution >= 0.6 is 0 Å². The van der Waals surface area contributed by atoms with Gasteiger partial charge in [-0.1, -0.05) is 25.3 Å². The molecule has 0 radical (unpaired) electrons. The first kappa shape index (κ1) is 12.5. The summed E-state index contributed by atoms with van der Waals surface area (Å²) < 4.78 is 5.17. The third kappa shape index (κ3) is 3.56. The molecule has 0 bridgehead atoms. The molecule has 3 nitrogen and oxygen atoms in total. The first-order valence-electron chi connectivity index (χ1n) is 5.49. The average molecular weight is 218 g/mol. The van der Waals surface area contributed by atoms with Gasteiger partial charge in [-0.05, 0) is 12.5 Å². The number of methoxy groups -OCH3 is 1. The summed E-state index contributed by atoms with van der Waals surface area (Å²) in [5, 5.41) is 3.31. The summed E-state index contributed by atoms with van der Waals surface area (Å²) in [6, 6.07) is 4.00. The van der Waals surface area contributed by atoms with Crippen molar-refractivity contribution in [1.29, 1.82) is 0 Å². The topological polar surface area (TPSA) is 34.2 Å². The van der Waals surface area contributed by atoms with Crippen molar-refractivity contribution in [3.8, 4) is 18.2 Å². The normalized spacial score (nSPS) is 11.8. The number of terminal acetylenes is 1. The van der Waals surface area contributed by atoms with Crippen molar-refractivity contribution < 1.29 is 4.74 Å². The summed E-state index contributed by atoms with van der Waals surface area (Å²) in [5.74, 6) is 3.39. The van der Waals surface area contributed by atoms with E-state index in [1.54, 1.807) is 13.3 Å². The van der Waals surface area contributed by atoms with E-state index in [0.717, 1.165) is 18.4 Å². The highest BCUT2D eigenvalue weighted by Crippen LogP contribution is 2.13. The van der Waals surface area contributed by atoms with Gasteiger partial charge >= 0.3 is 0 Å². The minimum atomic E-state index is 0.120. The zero-order chi connectivity index (χ0) is 11.8. The maximum absolute atomic E-state index is 5.43. The molecule has 1 atom stereocenters. The molecule has 16 heavy (non-hydrogen) atoms. The molecule has 3 heteroatoms. The van der Waals surface area contributed by atoms with Gasteiger partial charge in [-0.25, -0.2) is 4.98 Å². The Morgan fingerprint density at radius 1 is 1.62 bits per heavy atom. The van der Waals surface area contributed by atoms with Gasteiger partial charge in [-0.15, -0.1) is 6.42 Å². The lowest BCUT2D eigenvalue weighted by molar-refractivity contribution is 0.389. The van der Waals surface area contributed by atoms with Gasteiger partial charge in [0.25, 0.3) is 0 Å². The maximum Gasteiger partial charge on any atom is 0.217 e. The molecule has 0 aliphatic carbocycles. The Morgan fingerprint density at radius 3 is 3.06 bits per heavy atom. The first-order chi connectivity index (χ1) is 7.81. The number of nitrogens with one attached hydrogen (secondary N) is 1. The first-order valence-corrected chi connectivity index (χ1v) is 5.49. The average Bonchev–Trinajstić information content (AvgIpc) is 2.34. The van der Waals surface area contributed by atoms with Crippen LogP contribution in [0.2, 0.25) is 0 Å². The third-order valence-corrected chi connectivity index (χ3v) is 2.36. The van der Waals surface area contributed by atoms with Gasteiger partial charge in [0.2, 0.25) is 5.88 Å². The largest absolute Gasteiger partial charge is 0.481 e. The zero-order valence-corrected chi connectivity index (χ0v) is 9.86. The van der Waals surface area contributed by atoms with Gasteiger partial charge in [-0.3, -0.25) is 5.32 Å². The summed E-state index contributed by atoms with van der Waals surface area (Å²) in [6.45, 7) is 2.81. The summed E-state index contributed by atoms with van der Waals surface area (Å²) in [5.41, 5.74) is 1.03. The molecule has 0 amide bonds. The highest BCUT2D eigenvalue weighted by molar-refractivity contribution is 5.25. The number of hydrogen-bond acceptors (Lipinski definition) is 3. The van der Waals surface area contributed by atoms with Crippen molar-refractivity contribution in [1.82, 2.24) is 10.3 Å². The van der Waals surface area contributed by atoms with Crippen molar-refractivity contribution in [3.63, 3.8) is 0 Å². The van der Waals surface area contributed by atoms with E-state index in [0.29, 0.717) is 12.4 Å². The summed E-state index contributed by atoms with van der Waals surface area (Å²) >= 11 is 0. The molecule has 0 aliphatic rings. The van der Waals surface area contributed by atoms with Crippen molar-refractivity contribution in [2.24, 2.45) is 0 Å². The van der Waals surface area contributed by atoms with Gasteiger partial charge in [-0.2, -0.15) is 0 Å². The highest BCUT2D eigenvalue weighted by atomic mass is 16.5. The lowest BCUT2D eigenvalue weighted by Crippen LogP contribution is -2.27. The SMILES string of the molecule is C#CC(CCC)NCc1cccnc1OC. The lowest BCUT2D eigenvalue weighted by Gasteiger charge is -2.13. The van der Waals surface area contributed by atoms with Crippen LogP contribution in [0, 0.1) is 12.3 Å². The fourth-order valence-corrected chi connectivity index (χ4v) is 1.51. The van der Waals surface area contributed by atoms with Gasteiger partial charge in [0.05, 0.1) is 13.2 Å². The van der Waals surface area contributed by atoms with E-state index in [2.05, 4.69) is 23.1 Å². The summed E-state index contributed by atoms with van der Waals surface area (Å²) in [4.78, 5) is 4.13. The minimum absolute atomic E-state index is 0.120. The molecule has 86 valence electrons. The second kappa shape index (κ2) is 6.86. The van der Waals surface area contributed by atoms with E-state index < -0.39 is 0 Å². The molecule has 0 aromatic carbocycles. The lowest BCUT2D eigenvalue weighted by atomic mass is 10.1. The Morgan fingerprint density at radius 2 is 2.44 bits per heavy atom. The molecule has 1 rings (SSSR count). The molecule has 0 aliphatic heterocycles. The molecular weight excluding hydrogens is 200 g/mol. The molecule has 1 N–H and O–H groups in total. The van der Waals surface area contributed by atoms with Crippen LogP contribution in [0.1, 0.15) is 25.3 Å². The van der Waals surface area contributed by atoms with Crippen LogP contribution in [0.4, 0.5) is 0 Å². The van der Waals surface area contributed by atoms with Crippen LogP contribution in [0.25, 0.3) is 0 Å². The highest BCUT2D eigenvalue weighted by Gasteiger charge is 2.06. The van der Waals surface area contributed by atoms with Crippen LogP contribution in [0.15, 0.2) is 18.3 Å². The van der Waals surface area contributed by atoms with Crippen molar-refractivity contribution >= 4 is 0 Å². The van der Waals surface area contributed by atoms with Gasteiger partial charge in [0.1, 0.15) is 0 Å². The molecule has 0 saturated heterocycles.